The first-order valence-electron chi connectivity index (χ1n) is 23.5. The van der Waals surface area contributed by atoms with Gasteiger partial charge in [-0.1, -0.05) is 177 Å². The van der Waals surface area contributed by atoms with Gasteiger partial charge in [-0.2, -0.15) is 0 Å². The minimum absolute atomic E-state index is 0.215. The Morgan fingerprint density at radius 3 is 1.66 bits per heavy atom. The number of carbonyl (C=O) groups is 1. The van der Waals surface area contributed by atoms with Gasteiger partial charge in [0.2, 0.25) is 5.91 Å². The average molecular weight is 818 g/mol. The maximum Gasteiger partial charge on any atom is 0.220 e. The fourth-order valence-corrected chi connectivity index (χ4v) is 7.07. The van der Waals surface area contributed by atoms with E-state index < -0.39 is 49.5 Å². The minimum atomic E-state index is -1.58. The Bertz CT molecular complexity index is 1090. The van der Waals surface area contributed by atoms with Crippen molar-refractivity contribution in [2.75, 3.05) is 13.2 Å². The number of carbonyl (C=O) groups excluding carboxylic acids is 1. The van der Waals surface area contributed by atoms with Gasteiger partial charge < -0.3 is 40.3 Å². The summed E-state index contributed by atoms with van der Waals surface area (Å²) in [5.41, 5.74) is 0. The monoisotopic (exact) mass is 818 g/mol. The zero-order chi connectivity index (χ0) is 42.3. The van der Waals surface area contributed by atoms with Crippen molar-refractivity contribution in [3.63, 3.8) is 0 Å². The first-order chi connectivity index (χ1) is 28.3. The van der Waals surface area contributed by atoms with Gasteiger partial charge in [-0.05, 0) is 64.2 Å². The SMILES string of the molecule is CC/C=C\C/C=C\C/C=C\CCCCCC(=O)NC(COC1OC(CO)C(O)C(O)C1O)C(O)/C=C/CC/C=C/CCCCCCCCCCCCCCCCCC. The lowest BCUT2D eigenvalue weighted by Gasteiger charge is -2.40. The molecule has 1 aliphatic rings. The van der Waals surface area contributed by atoms with Crippen LogP contribution in [0.3, 0.4) is 0 Å². The molecule has 0 aromatic carbocycles. The molecule has 7 unspecified atom stereocenters. The van der Waals surface area contributed by atoms with Crippen LogP contribution in [-0.4, -0.2) is 87.5 Å². The Kier molecular flexibility index (Phi) is 36.3. The van der Waals surface area contributed by atoms with Crippen LogP contribution in [0.2, 0.25) is 0 Å². The summed E-state index contributed by atoms with van der Waals surface area (Å²) in [6.07, 6.45) is 44.2. The number of amides is 1. The van der Waals surface area contributed by atoms with E-state index in [-0.39, 0.29) is 12.5 Å². The van der Waals surface area contributed by atoms with Crippen molar-refractivity contribution in [3.05, 3.63) is 60.8 Å². The molecule has 1 fully saturated rings. The number of unbranched alkanes of at least 4 members (excludes halogenated alkanes) is 20. The van der Waals surface area contributed by atoms with Crippen LogP contribution in [-0.2, 0) is 14.3 Å². The number of hydrogen-bond acceptors (Lipinski definition) is 8. The summed E-state index contributed by atoms with van der Waals surface area (Å²) in [5.74, 6) is -0.218. The second-order valence-electron chi connectivity index (χ2n) is 16.2. The lowest BCUT2D eigenvalue weighted by atomic mass is 9.99. The summed E-state index contributed by atoms with van der Waals surface area (Å²) >= 11 is 0. The van der Waals surface area contributed by atoms with E-state index in [0.29, 0.717) is 12.8 Å². The summed E-state index contributed by atoms with van der Waals surface area (Å²) in [4.78, 5) is 12.9. The van der Waals surface area contributed by atoms with Gasteiger partial charge >= 0.3 is 0 Å². The zero-order valence-corrected chi connectivity index (χ0v) is 36.8. The van der Waals surface area contributed by atoms with E-state index in [1.54, 1.807) is 6.08 Å². The van der Waals surface area contributed by atoms with Crippen molar-refractivity contribution in [2.24, 2.45) is 0 Å². The molecule has 0 saturated carbocycles. The molecular weight excluding hydrogens is 731 g/mol. The predicted octanol–water partition coefficient (Wildman–Crippen LogP) is 10.0. The molecule has 0 spiro atoms. The Labute approximate surface area is 354 Å². The molecule has 0 radical (unpaired) electrons. The third-order valence-electron chi connectivity index (χ3n) is 10.8. The summed E-state index contributed by atoms with van der Waals surface area (Å²) < 4.78 is 11.2. The lowest BCUT2D eigenvalue weighted by molar-refractivity contribution is -0.302. The maximum absolute atomic E-state index is 12.9. The topological polar surface area (TPSA) is 149 Å². The highest BCUT2D eigenvalue weighted by Gasteiger charge is 2.44. The van der Waals surface area contributed by atoms with Gasteiger partial charge in [0.25, 0.3) is 0 Å². The van der Waals surface area contributed by atoms with E-state index in [2.05, 4.69) is 67.8 Å². The van der Waals surface area contributed by atoms with Crippen LogP contribution in [0.4, 0.5) is 0 Å². The molecule has 1 rings (SSSR count). The molecule has 9 heteroatoms. The van der Waals surface area contributed by atoms with Crippen molar-refractivity contribution < 1.29 is 39.8 Å². The number of aliphatic hydroxyl groups is 5. The van der Waals surface area contributed by atoms with E-state index in [9.17, 15) is 30.3 Å². The van der Waals surface area contributed by atoms with E-state index in [1.165, 1.54) is 103 Å². The van der Waals surface area contributed by atoms with Crippen molar-refractivity contribution in [1.29, 1.82) is 0 Å². The van der Waals surface area contributed by atoms with Crippen LogP contribution >= 0.6 is 0 Å². The quantitative estimate of drug-likeness (QED) is 0.0267. The maximum atomic E-state index is 12.9. The normalized spacial score (nSPS) is 21.4. The Morgan fingerprint density at radius 1 is 0.603 bits per heavy atom. The van der Waals surface area contributed by atoms with Crippen LogP contribution in [0.25, 0.3) is 0 Å². The van der Waals surface area contributed by atoms with Gasteiger partial charge in [0, 0.05) is 6.42 Å². The molecule has 0 aromatic rings. The van der Waals surface area contributed by atoms with E-state index in [0.717, 1.165) is 57.8 Å². The van der Waals surface area contributed by atoms with Crippen molar-refractivity contribution in [2.45, 2.75) is 230 Å². The molecular formula is C49H87NO8. The van der Waals surface area contributed by atoms with Crippen LogP contribution < -0.4 is 5.32 Å². The van der Waals surface area contributed by atoms with Gasteiger partial charge in [0.15, 0.2) is 6.29 Å². The molecule has 58 heavy (non-hydrogen) atoms. The summed E-state index contributed by atoms with van der Waals surface area (Å²) in [6.45, 7) is 3.62. The van der Waals surface area contributed by atoms with Crippen molar-refractivity contribution in [3.8, 4) is 0 Å². The fourth-order valence-electron chi connectivity index (χ4n) is 7.07. The summed E-state index contributed by atoms with van der Waals surface area (Å²) in [7, 11) is 0. The molecule has 336 valence electrons. The number of allylic oxidation sites excluding steroid dienone is 9. The minimum Gasteiger partial charge on any atom is -0.394 e. The molecule has 1 aliphatic heterocycles. The number of aliphatic hydroxyl groups excluding tert-OH is 5. The van der Waals surface area contributed by atoms with Gasteiger partial charge in [-0.15, -0.1) is 0 Å². The van der Waals surface area contributed by atoms with Crippen LogP contribution in [0.1, 0.15) is 187 Å². The molecule has 1 heterocycles. The molecule has 9 nitrogen and oxygen atoms in total. The third kappa shape index (κ3) is 29.2. The molecule has 1 saturated heterocycles. The standard InChI is InChI=1S/C49H87NO8/c1-3-5-7-9-11-13-15-17-18-19-20-21-22-23-24-25-27-28-30-32-34-36-38-43(52)42(41-57-49-48(56)47(55)46(54)44(40-51)58-49)50-45(53)39-37-35-33-31-29-26-16-14-12-10-8-6-4-2/h6,8,12,14,26,28-30,36,38,42-44,46-49,51-52,54-56H,3-5,7,9-11,13,15-25,27,31-35,37,39-41H2,1-2H3,(H,50,53)/b8-6-,14-12-,29-26-,30-28+,38-36+. The molecule has 0 aromatic heterocycles. The predicted molar refractivity (Wildman–Crippen MR) is 239 cm³/mol. The Hall–Kier alpha value is -2.11. The Morgan fingerprint density at radius 2 is 1.09 bits per heavy atom. The van der Waals surface area contributed by atoms with Crippen LogP contribution in [0.5, 0.6) is 0 Å². The van der Waals surface area contributed by atoms with Gasteiger partial charge in [0.1, 0.15) is 24.4 Å². The summed E-state index contributed by atoms with van der Waals surface area (Å²) in [6, 6.07) is -0.838. The van der Waals surface area contributed by atoms with Gasteiger partial charge in [0.05, 0.1) is 25.4 Å². The van der Waals surface area contributed by atoms with Crippen molar-refractivity contribution >= 4 is 5.91 Å². The first kappa shape index (κ1) is 53.9. The average Bonchev–Trinajstić information content (AvgIpc) is 3.22. The largest absolute Gasteiger partial charge is 0.394 e. The second-order valence-corrected chi connectivity index (χ2v) is 16.2. The highest BCUT2D eigenvalue weighted by molar-refractivity contribution is 5.76. The zero-order valence-electron chi connectivity index (χ0n) is 36.8. The molecule has 7 atom stereocenters. The molecule has 6 N–H and O–H groups in total. The highest BCUT2D eigenvalue weighted by atomic mass is 16.7. The van der Waals surface area contributed by atoms with Crippen LogP contribution in [0.15, 0.2) is 60.8 Å². The van der Waals surface area contributed by atoms with E-state index >= 15 is 0 Å². The number of nitrogens with one attached hydrogen (secondary N) is 1. The molecule has 0 bridgehead atoms. The van der Waals surface area contributed by atoms with E-state index in [1.807, 2.05) is 6.08 Å². The third-order valence-corrected chi connectivity index (χ3v) is 10.8. The fraction of sp³-hybridized carbons (Fsp3) is 0.776. The number of ether oxygens (including phenoxy) is 2. The van der Waals surface area contributed by atoms with Gasteiger partial charge in [-0.25, -0.2) is 0 Å². The first-order valence-corrected chi connectivity index (χ1v) is 23.5. The Balaban J connectivity index is 2.36. The number of rotatable bonds is 38. The molecule has 1 amide bonds. The second kappa shape index (κ2) is 39.1. The number of hydrogen-bond donors (Lipinski definition) is 6. The van der Waals surface area contributed by atoms with E-state index in [4.69, 9.17) is 9.47 Å². The van der Waals surface area contributed by atoms with Crippen molar-refractivity contribution in [1.82, 2.24) is 5.32 Å². The highest BCUT2D eigenvalue weighted by Crippen LogP contribution is 2.22. The smallest absolute Gasteiger partial charge is 0.220 e. The molecule has 0 aliphatic carbocycles. The van der Waals surface area contributed by atoms with Gasteiger partial charge in [-0.3, -0.25) is 4.79 Å². The summed E-state index contributed by atoms with van der Waals surface area (Å²) in [5, 5.41) is 54.1. The van der Waals surface area contributed by atoms with Crippen LogP contribution in [0, 0.1) is 0 Å². The lowest BCUT2D eigenvalue weighted by Crippen LogP contribution is -2.60.